The predicted octanol–water partition coefficient (Wildman–Crippen LogP) is 11.7. The number of furan rings is 2. The zero-order valence-corrected chi connectivity index (χ0v) is 22.5. The third kappa shape index (κ3) is 2.83. The number of hydrogen-bond acceptors (Lipinski definition) is 2. The van der Waals surface area contributed by atoms with Crippen molar-refractivity contribution < 1.29 is 8.83 Å². The third-order valence-electron chi connectivity index (χ3n) is 9.03. The first kappa shape index (κ1) is 22.1. The molecular weight excluding hydrogens is 512 g/mol. The smallest absolute Gasteiger partial charge is 0.147 e. The Morgan fingerprint density at radius 3 is 1.48 bits per heavy atom. The van der Waals surface area contributed by atoms with Crippen LogP contribution in [0.1, 0.15) is 0 Å². The molecule has 0 saturated carbocycles. The summed E-state index contributed by atoms with van der Waals surface area (Å²) < 4.78 is 13.3. The first-order chi connectivity index (χ1) is 20.8. The molecule has 2 heteroatoms. The minimum atomic E-state index is 0.864. The molecule has 0 aliphatic rings. The van der Waals surface area contributed by atoms with Gasteiger partial charge in [-0.2, -0.15) is 0 Å². The minimum absolute atomic E-state index is 0.864. The molecule has 0 saturated heterocycles. The maximum Gasteiger partial charge on any atom is 0.147 e. The van der Waals surface area contributed by atoms with Crippen LogP contribution in [0.4, 0.5) is 0 Å². The Morgan fingerprint density at radius 2 is 0.857 bits per heavy atom. The third-order valence-corrected chi connectivity index (χ3v) is 9.03. The van der Waals surface area contributed by atoms with E-state index in [1.165, 1.54) is 43.4 Å². The van der Waals surface area contributed by atoms with E-state index in [-0.39, 0.29) is 0 Å². The van der Waals surface area contributed by atoms with Crippen molar-refractivity contribution in [1.29, 1.82) is 0 Å². The fourth-order valence-electron chi connectivity index (χ4n) is 7.17. The van der Waals surface area contributed by atoms with Crippen LogP contribution in [0.15, 0.2) is 142 Å². The van der Waals surface area contributed by atoms with Gasteiger partial charge in [0.15, 0.2) is 0 Å². The molecule has 0 bridgehead atoms. The Balaban J connectivity index is 1.39. The Hall–Kier alpha value is -5.60. The van der Waals surface area contributed by atoms with E-state index in [2.05, 4.69) is 109 Å². The van der Waals surface area contributed by atoms with Gasteiger partial charge < -0.3 is 8.83 Å². The lowest BCUT2D eigenvalue weighted by atomic mass is 9.86. The van der Waals surface area contributed by atoms with Crippen LogP contribution in [0.5, 0.6) is 0 Å². The average Bonchev–Trinajstić information content (AvgIpc) is 3.61. The van der Waals surface area contributed by atoms with Gasteiger partial charge in [-0.3, -0.25) is 0 Å². The van der Waals surface area contributed by atoms with Gasteiger partial charge in [0.1, 0.15) is 22.3 Å². The van der Waals surface area contributed by atoms with Crippen LogP contribution < -0.4 is 0 Å². The van der Waals surface area contributed by atoms with Crippen LogP contribution in [-0.2, 0) is 0 Å². The molecule has 0 radical (unpaired) electrons. The number of fused-ring (bicyclic) bond motifs is 6. The standard InChI is InChI=1S/C40H22O2/c1-2-8-23(9-3-1)26-18-14-24-16-20-30-31(21-17-25-15-19-29(26)36(24)37(25)30)38-39-32(27-10-4-6-12-34(27)41-39)22-33-28-11-5-7-13-35(28)42-40(33)38/h1-22H. The number of para-hydroxylation sites is 2. The predicted molar refractivity (Wildman–Crippen MR) is 176 cm³/mol. The van der Waals surface area contributed by atoms with Gasteiger partial charge in [0.25, 0.3) is 0 Å². The van der Waals surface area contributed by atoms with E-state index in [4.69, 9.17) is 8.83 Å². The summed E-state index contributed by atoms with van der Waals surface area (Å²) in [6.07, 6.45) is 0. The minimum Gasteiger partial charge on any atom is -0.455 e. The van der Waals surface area contributed by atoms with Crippen LogP contribution in [0.2, 0.25) is 0 Å². The van der Waals surface area contributed by atoms with Crippen LogP contribution in [0.25, 0.3) is 98.4 Å². The molecule has 0 aliphatic heterocycles. The van der Waals surface area contributed by atoms with E-state index in [1.807, 2.05) is 24.3 Å². The number of rotatable bonds is 2. The lowest BCUT2D eigenvalue weighted by molar-refractivity contribution is 0.658. The summed E-state index contributed by atoms with van der Waals surface area (Å²) in [4.78, 5) is 0. The summed E-state index contributed by atoms with van der Waals surface area (Å²) >= 11 is 0. The van der Waals surface area contributed by atoms with E-state index in [9.17, 15) is 0 Å². The van der Waals surface area contributed by atoms with Gasteiger partial charge >= 0.3 is 0 Å². The normalized spacial score (nSPS) is 12.3. The molecule has 2 nitrogen and oxygen atoms in total. The molecule has 0 fully saturated rings. The van der Waals surface area contributed by atoms with E-state index in [0.29, 0.717) is 0 Å². The highest BCUT2D eigenvalue weighted by atomic mass is 16.3. The first-order valence-corrected chi connectivity index (χ1v) is 14.4. The lowest BCUT2D eigenvalue weighted by Gasteiger charge is -2.16. The number of hydrogen-bond donors (Lipinski definition) is 0. The van der Waals surface area contributed by atoms with Crippen LogP contribution in [-0.4, -0.2) is 0 Å². The zero-order valence-electron chi connectivity index (χ0n) is 22.5. The topological polar surface area (TPSA) is 26.3 Å². The molecule has 0 atom stereocenters. The molecule has 10 aromatic rings. The van der Waals surface area contributed by atoms with Gasteiger partial charge in [0.2, 0.25) is 0 Å². The SMILES string of the molecule is c1ccc(-c2ccc3ccc4c(-c5c6oc7ccccc7c6cc6c5oc5ccccc56)ccc5ccc2c3c54)cc1. The second-order valence-electron chi connectivity index (χ2n) is 11.2. The summed E-state index contributed by atoms with van der Waals surface area (Å²) in [6.45, 7) is 0. The van der Waals surface area contributed by atoms with Crippen LogP contribution >= 0.6 is 0 Å². The monoisotopic (exact) mass is 534 g/mol. The second kappa shape index (κ2) is 7.99. The Labute approximate surface area is 240 Å². The van der Waals surface area contributed by atoms with Crippen molar-refractivity contribution in [3.63, 3.8) is 0 Å². The quantitative estimate of drug-likeness (QED) is 0.206. The maximum atomic E-state index is 6.65. The van der Waals surface area contributed by atoms with Crippen molar-refractivity contribution in [1.82, 2.24) is 0 Å². The van der Waals surface area contributed by atoms with Gasteiger partial charge in [-0.05, 0) is 67.2 Å². The molecule has 0 unspecified atom stereocenters. The van der Waals surface area contributed by atoms with E-state index >= 15 is 0 Å². The molecule has 10 rings (SSSR count). The highest BCUT2D eigenvalue weighted by Gasteiger charge is 2.23. The summed E-state index contributed by atoms with van der Waals surface area (Å²) in [7, 11) is 0. The van der Waals surface area contributed by atoms with Crippen molar-refractivity contribution in [3.8, 4) is 22.3 Å². The summed E-state index contributed by atoms with van der Waals surface area (Å²) in [5.74, 6) is 0. The highest BCUT2D eigenvalue weighted by Crippen LogP contribution is 2.48. The van der Waals surface area contributed by atoms with E-state index in [1.54, 1.807) is 0 Å². The van der Waals surface area contributed by atoms with Crippen LogP contribution in [0.3, 0.4) is 0 Å². The average molecular weight is 535 g/mol. The van der Waals surface area contributed by atoms with Crippen LogP contribution in [0, 0.1) is 0 Å². The largest absolute Gasteiger partial charge is 0.455 e. The summed E-state index contributed by atoms with van der Waals surface area (Å²) in [6, 6.07) is 47.6. The summed E-state index contributed by atoms with van der Waals surface area (Å²) in [5.41, 5.74) is 8.11. The van der Waals surface area contributed by atoms with Crippen molar-refractivity contribution in [2.75, 3.05) is 0 Å². The fourth-order valence-corrected chi connectivity index (χ4v) is 7.17. The highest BCUT2D eigenvalue weighted by molar-refractivity contribution is 6.30. The Kier molecular flexibility index (Phi) is 4.21. The summed E-state index contributed by atoms with van der Waals surface area (Å²) in [5, 5.41) is 12.0. The van der Waals surface area contributed by atoms with Crippen molar-refractivity contribution in [3.05, 3.63) is 133 Å². The van der Waals surface area contributed by atoms with E-state index in [0.717, 1.165) is 55.0 Å². The Bertz CT molecular complexity index is 2580. The molecule has 194 valence electrons. The first-order valence-electron chi connectivity index (χ1n) is 14.4. The Morgan fingerprint density at radius 1 is 0.357 bits per heavy atom. The van der Waals surface area contributed by atoms with Crippen molar-refractivity contribution >= 4 is 76.2 Å². The van der Waals surface area contributed by atoms with Gasteiger partial charge in [-0.25, -0.2) is 0 Å². The molecule has 0 amide bonds. The second-order valence-corrected chi connectivity index (χ2v) is 11.2. The molecular formula is C40H22O2. The van der Waals surface area contributed by atoms with Crippen molar-refractivity contribution in [2.24, 2.45) is 0 Å². The van der Waals surface area contributed by atoms with Gasteiger partial charge in [-0.1, -0.05) is 115 Å². The van der Waals surface area contributed by atoms with E-state index < -0.39 is 0 Å². The van der Waals surface area contributed by atoms with Gasteiger partial charge in [0, 0.05) is 21.5 Å². The maximum absolute atomic E-state index is 6.65. The van der Waals surface area contributed by atoms with Gasteiger partial charge in [0.05, 0.1) is 5.56 Å². The molecule has 8 aromatic carbocycles. The zero-order chi connectivity index (χ0) is 27.4. The fraction of sp³-hybridized carbons (Fsp3) is 0. The van der Waals surface area contributed by atoms with Crippen molar-refractivity contribution in [2.45, 2.75) is 0 Å². The van der Waals surface area contributed by atoms with Gasteiger partial charge in [-0.15, -0.1) is 0 Å². The molecule has 42 heavy (non-hydrogen) atoms. The molecule has 0 aliphatic carbocycles. The molecule has 2 heterocycles. The molecule has 0 spiro atoms. The molecule has 0 N–H and O–H groups in total. The lowest BCUT2D eigenvalue weighted by Crippen LogP contribution is -1.90. The number of benzene rings is 8. The molecule has 2 aromatic heterocycles.